The predicted octanol–water partition coefficient (Wildman–Crippen LogP) is 3.88. The molecule has 134 valence electrons. The average molecular weight is 341 g/mol. The van der Waals surface area contributed by atoms with Gasteiger partial charge in [-0.1, -0.05) is 18.2 Å². The molecule has 0 aliphatic rings. The summed E-state index contributed by atoms with van der Waals surface area (Å²) in [6.45, 7) is 10.7. The van der Waals surface area contributed by atoms with Crippen LogP contribution in [0, 0.1) is 27.7 Å². The number of carbonyl (C=O) groups excluding carboxylic acids is 1. The lowest BCUT2D eigenvalue weighted by atomic mass is 10.1. The van der Waals surface area contributed by atoms with Gasteiger partial charge in [-0.25, -0.2) is 0 Å². The molecule has 1 atom stereocenters. The standard InChI is InChI=1S/C21H27NO3/c1-14-11-15(2)13-19(12-14)24-10-9-22-21(23)18(5)25-20-8-6-7-16(3)17(20)4/h6-8,11-13,18H,9-10H2,1-5H3,(H,22,23)/t18-/m0/s1. The second-order valence-electron chi connectivity index (χ2n) is 6.42. The van der Waals surface area contributed by atoms with Crippen LogP contribution in [0.4, 0.5) is 0 Å². The van der Waals surface area contributed by atoms with Crippen LogP contribution in [0.3, 0.4) is 0 Å². The molecule has 1 N–H and O–H groups in total. The van der Waals surface area contributed by atoms with Gasteiger partial charge < -0.3 is 14.8 Å². The van der Waals surface area contributed by atoms with E-state index >= 15 is 0 Å². The molecule has 0 spiro atoms. The molecule has 0 bridgehead atoms. The fourth-order valence-corrected chi connectivity index (χ4v) is 2.60. The van der Waals surface area contributed by atoms with Gasteiger partial charge in [0, 0.05) is 0 Å². The van der Waals surface area contributed by atoms with E-state index in [1.54, 1.807) is 6.92 Å². The molecule has 0 saturated heterocycles. The first-order chi connectivity index (χ1) is 11.9. The van der Waals surface area contributed by atoms with Crippen molar-refractivity contribution in [2.75, 3.05) is 13.2 Å². The van der Waals surface area contributed by atoms with Crippen LogP contribution in [0.2, 0.25) is 0 Å². The van der Waals surface area contributed by atoms with Crippen LogP contribution in [-0.4, -0.2) is 25.2 Å². The first kappa shape index (κ1) is 18.8. The third-order valence-corrected chi connectivity index (χ3v) is 4.09. The van der Waals surface area contributed by atoms with Gasteiger partial charge in [0.15, 0.2) is 6.10 Å². The molecule has 4 heteroatoms. The molecule has 0 unspecified atom stereocenters. The Morgan fingerprint density at radius 1 is 1.08 bits per heavy atom. The Morgan fingerprint density at radius 3 is 2.44 bits per heavy atom. The zero-order valence-electron chi connectivity index (χ0n) is 15.7. The molecule has 0 radical (unpaired) electrons. The monoisotopic (exact) mass is 341 g/mol. The van der Waals surface area contributed by atoms with Crippen molar-refractivity contribution in [2.24, 2.45) is 0 Å². The van der Waals surface area contributed by atoms with E-state index in [4.69, 9.17) is 9.47 Å². The van der Waals surface area contributed by atoms with E-state index in [1.807, 2.05) is 58.0 Å². The van der Waals surface area contributed by atoms with Crippen molar-refractivity contribution >= 4 is 5.91 Å². The van der Waals surface area contributed by atoms with E-state index in [0.717, 1.165) is 33.8 Å². The van der Waals surface area contributed by atoms with Crippen LogP contribution in [0.5, 0.6) is 11.5 Å². The summed E-state index contributed by atoms with van der Waals surface area (Å²) < 4.78 is 11.5. The van der Waals surface area contributed by atoms with Gasteiger partial charge in [-0.05, 0) is 75.1 Å². The summed E-state index contributed by atoms with van der Waals surface area (Å²) >= 11 is 0. The van der Waals surface area contributed by atoms with Crippen molar-refractivity contribution in [3.05, 3.63) is 58.7 Å². The van der Waals surface area contributed by atoms with Gasteiger partial charge in [-0.3, -0.25) is 4.79 Å². The molecule has 0 heterocycles. The predicted molar refractivity (Wildman–Crippen MR) is 100 cm³/mol. The van der Waals surface area contributed by atoms with Crippen LogP contribution >= 0.6 is 0 Å². The number of amides is 1. The smallest absolute Gasteiger partial charge is 0.260 e. The van der Waals surface area contributed by atoms with E-state index in [0.29, 0.717) is 13.2 Å². The topological polar surface area (TPSA) is 47.6 Å². The number of aryl methyl sites for hydroxylation is 3. The van der Waals surface area contributed by atoms with Gasteiger partial charge in [0.25, 0.3) is 5.91 Å². The molecule has 0 aromatic heterocycles. The van der Waals surface area contributed by atoms with Crippen molar-refractivity contribution in [1.82, 2.24) is 5.32 Å². The van der Waals surface area contributed by atoms with Crippen molar-refractivity contribution in [2.45, 2.75) is 40.7 Å². The summed E-state index contributed by atoms with van der Waals surface area (Å²) in [5.74, 6) is 1.42. The fourth-order valence-electron chi connectivity index (χ4n) is 2.60. The molecular formula is C21H27NO3. The van der Waals surface area contributed by atoms with E-state index in [-0.39, 0.29) is 5.91 Å². The van der Waals surface area contributed by atoms with Crippen LogP contribution in [0.1, 0.15) is 29.2 Å². The number of hydrogen-bond acceptors (Lipinski definition) is 3. The molecule has 0 aliphatic carbocycles. The number of nitrogens with one attached hydrogen (secondary N) is 1. The maximum Gasteiger partial charge on any atom is 0.260 e. The quantitative estimate of drug-likeness (QED) is 0.778. The van der Waals surface area contributed by atoms with Crippen molar-refractivity contribution in [3.63, 3.8) is 0 Å². The summed E-state index contributed by atoms with van der Waals surface area (Å²) in [7, 11) is 0. The van der Waals surface area contributed by atoms with Crippen LogP contribution in [-0.2, 0) is 4.79 Å². The zero-order valence-corrected chi connectivity index (χ0v) is 15.7. The highest BCUT2D eigenvalue weighted by molar-refractivity contribution is 5.80. The Balaban J connectivity index is 1.78. The van der Waals surface area contributed by atoms with E-state index in [2.05, 4.69) is 11.4 Å². The molecule has 2 aromatic rings. The molecule has 0 saturated carbocycles. The van der Waals surface area contributed by atoms with Crippen LogP contribution in [0.15, 0.2) is 36.4 Å². The van der Waals surface area contributed by atoms with E-state index in [9.17, 15) is 4.79 Å². The minimum absolute atomic E-state index is 0.148. The Kier molecular flexibility index (Phi) is 6.45. The van der Waals surface area contributed by atoms with Crippen LogP contribution < -0.4 is 14.8 Å². The summed E-state index contributed by atoms with van der Waals surface area (Å²) in [6.07, 6.45) is -0.554. The highest BCUT2D eigenvalue weighted by atomic mass is 16.5. The first-order valence-corrected chi connectivity index (χ1v) is 8.58. The number of rotatable bonds is 7. The molecule has 0 aliphatic heterocycles. The Labute approximate surface area is 150 Å². The molecule has 4 nitrogen and oxygen atoms in total. The molecule has 0 fully saturated rings. The van der Waals surface area contributed by atoms with E-state index in [1.165, 1.54) is 0 Å². The zero-order chi connectivity index (χ0) is 18.4. The largest absolute Gasteiger partial charge is 0.492 e. The highest BCUT2D eigenvalue weighted by Gasteiger charge is 2.15. The van der Waals surface area contributed by atoms with Crippen molar-refractivity contribution in [1.29, 1.82) is 0 Å². The maximum absolute atomic E-state index is 12.2. The molecule has 2 aromatic carbocycles. The Hall–Kier alpha value is -2.49. The molecular weight excluding hydrogens is 314 g/mol. The second-order valence-corrected chi connectivity index (χ2v) is 6.42. The lowest BCUT2D eigenvalue weighted by Gasteiger charge is -2.17. The lowest BCUT2D eigenvalue weighted by molar-refractivity contribution is -0.127. The summed E-state index contributed by atoms with van der Waals surface area (Å²) in [6, 6.07) is 11.9. The van der Waals surface area contributed by atoms with Crippen LogP contribution in [0.25, 0.3) is 0 Å². The molecule has 2 rings (SSSR count). The Morgan fingerprint density at radius 2 is 1.76 bits per heavy atom. The number of ether oxygens (including phenoxy) is 2. The third-order valence-electron chi connectivity index (χ3n) is 4.09. The van der Waals surface area contributed by atoms with Gasteiger partial charge >= 0.3 is 0 Å². The highest BCUT2D eigenvalue weighted by Crippen LogP contribution is 2.21. The summed E-state index contributed by atoms with van der Waals surface area (Å²) in [4.78, 5) is 12.2. The summed E-state index contributed by atoms with van der Waals surface area (Å²) in [5, 5.41) is 2.85. The maximum atomic E-state index is 12.2. The second kappa shape index (κ2) is 8.56. The number of benzene rings is 2. The van der Waals surface area contributed by atoms with Gasteiger partial charge in [0.1, 0.15) is 18.1 Å². The Bertz CT molecular complexity index is 720. The van der Waals surface area contributed by atoms with Gasteiger partial charge in [-0.2, -0.15) is 0 Å². The first-order valence-electron chi connectivity index (χ1n) is 8.58. The molecule has 1 amide bonds. The average Bonchev–Trinajstić information content (AvgIpc) is 2.54. The fraction of sp³-hybridized carbons (Fsp3) is 0.381. The summed E-state index contributed by atoms with van der Waals surface area (Å²) in [5.41, 5.74) is 4.52. The third kappa shape index (κ3) is 5.52. The number of carbonyl (C=O) groups is 1. The number of hydrogen-bond donors (Lipinski definition) is 1. The van der Waals surface area contributed by atoms with Crippen molar-refractivity contribution in [3.8, 4) is 11.5 Å². The normalized spacial score (nSPS) is 11.7. The molecule has 25 heavy (non-hydrogen) atoms. The van der Waals surface area contributed by atoms with Gasteiger partial charge in [-0.15, -0.1) is 0 Å². The SMILES string of the molecule is Cc1cc(C)cc(OCCNC(=O)[C@H](C)Oc2cccc(C)c2C)c1. The van der Waals surface area contributed by atoms with Crippen molar-refractivity contribution < 1.29 is 14.3 Å². The van der Waals surface area contributed by atoms with E-state index < -0.39 is 6.10 Å². The van der Waals surface area contributed by atoms with Gasteiger partial charge in [0.05, 0.1) is 6.54 Å². The minimum atomic E-state index is -0.554. The minimum Gasteiger partial charge on any atom is -0.492 e. The van der Waals surface area contributed by atoms with Gasteiger partial charge in [0.2, 0.25) is 0 Å². The lowest BCUT2D eigenvalue weighted by Crippen LogP contribution is -2.38.